The first-order valence-electron chi connectivity index (χ1n) is 17.4. The van der Waals surface area contributed by atoms with Crippen LogP contribution >= 0.6 is 0 Å². The van der Waals surface area contributed by atoms with Crippen LogP contribution in [0.2, 0.25) is 0 Å². The molecule has 4 heterocycles. The highest BCUT2D eigenvalue weighted by atomic mass is 16.6. The second-order valence-electron chi connectivity index (χ2n) is 14.0. The van der Waals surface area contributed by atoms with Gasteiger partial charge in [-0.25, -0.2) is 4.79 Å². The maximum Gasteiger partial charge on any atom is 0.410 e. The molecule has 11 heteroatoms. The van der Waals surface area contributed by atoms with E-state index < -0.39 is 5.60 Å². The molecule has 1 aromatic heterocycles. The molecule has 11 nitrogen and oxygen atoms in total. The summed E-state index contributed by atoms with van der Waals surface area (Å²) in [6.07, 6.45) is 2.48. The average Bonchev–Trinajstić information content (AvgIpc) is 3.29. The number of anilines is 2. The number of amides is 1. The number of rotatable bonds is 8. The van der Waals surface area contributed by atoms with Crippen LogP contribution in [0.5, 0.6) is 6.01 Å². The Balaban J connectivity index is 1.29. The minimum absolute atomic E-state index is 0.210. The molecule has 0 spiro atoms. The number of fused-ring (bicyclic) bond motifs is 2. The first-order chi connectivity index (χ1) is 23.2. The van der Waals surface area contributed by atoms with Gasteiger partial charge in [0.1, 0.15) is 11.4 Å². The predicted molar refractivity (Wildman–Crippen MR) is 187 cm³/mol. The number of aryl methyl sites for hydroxylation is 1. The van der Waals surface area contributed by atoms with E-state index in [1.165, 1.54) is 22.0 Å². The predicted octanol–water partition coefficient (Wildman–Crippen LogP) is 5.33. The van der Waals surface area contributed by atoms with Crippen molar-refractivity contribution in [3.05, 3.63) is 53.2 Å². The van der Waals surface area contributed by atoms with Crippen molar-refractivity contribution in [1.29, 1.82) is 5.26 Å². The Morgan fingerprint density at radius 3 is 2.60 bits per heavy atom. The molecule has 3 aliphatic heterocycles. The van der Waals surface area contributed by atoms with Gasteiger partial charge in [-0.05, 0) is 64.0 Å². The standard InChI is InChI=1S/C37H49N7O4/c1-27-9-5-10-28-11-6-13-32(33(27)28)42-17-7-12-30-31(26-42)39-35(47-22-8-16-41-20-23-46-24-21-41)40-34(30)43-18-19-44(29(25-43)14-15-38)36(45)48-37(2,3)4/h5-6,9-11,13,29H,7-8,12,14,16-26H2,1-4H3. The van der Waals surface area contributed by atoms with Gasteiger partial charge in [-0.3, -0.25) is 4.90 Å². The molecule has 48 heavy (non-hydrogen) atoms. The van der Waals surface area contributed by atoms with Gasteiger partial charge in [-0.15, -0.1) is 0 Å². The summed E-state index contributed by atoms with van der Waals surface area (Å²) in [7, 11) is 0. The molecular weight excluding hydrogens is 606 g/mol. The Morgan fingerprint density at radius 2 is 1.83 bits per heavy atom. The normalized spacial score (nSPS) is 19.1. The topological polar surface area (TPSA) is 107 Å². The molecule has 2 saturated heterocycles. The van der Waals surface area contributed by atoms with Crippen LogP contribution in [0.15, 0.2) is 36.4 Å². The molecule has 3 aliphatic rings. The largest absolute Gasteiger partial charge is 0.463 e. The summed E-state index contributed by atoms with van der Waals surface area (Å²) in [5, 5.41) is 12.2. The second-order valence-corrected chi connectivity index (χ2v) is 14.0. The van der Waals surface area contributed by atoms with Crippen LogP contribution in [0.25, 0.3) is 10.8 Å². The zero-order valence-electron chi connectivity index (χ0n) is 28.9. The van der Waals surface area contributed by atoms with Crippen molar-refractivity contribution in [2.45, 2.75) is 71.6 Å². The number of ether oxygens (including phenoxy) is 3. The van der Waals surface area contributed by atoms with Gasteiger partial charge in [0, 0.05) is 62.5 Å². The number of benzene rings is 2. The smallest absolute Gasteiger partial charge is 0.410 e. The van der Waals surface area contributed by atoms with E-state index in [0.29, 0.717) is 38.8 Å². The molecular formula is C37H49N7O4. The Kier molecular flexibility index (Phi) is 10.5. The lowest BCUT2D eigenvalue weighted by atomic mass is 10.0. The third-order valence-electron chi connectivity index (χ3n) is 9.37. The van der Waals surface area contributed by atoms with E-state index in [2.05, 4.69) is 64.1 Å². The number of piperazine rings is 1. The van der Waals surface area contributed by atoms with E-state index in [1.807, 2.05) is 20.8 Å². The van der Waals surface area contributed by atoms with Gasteiger partial charge in [-0.2, -0.15) is 15.2 Å². The molecule has 1 amide bonds. The van der Waals surface area contributed by atoms with Gasteiger partial charge in [0.05, 0.1) is 50.6 Å². The number of carbonyl (C=O) groups excluding carboxylic acids is 1. The van der Waals surface area contributed by atoms with Crippen molar-refractivity contribution in [3.8, 4) is 12.1 Å². The molecule has 0 saturated carbocycles. The quantitative estimate of drug-likeness (QED) is 0.296. The van der Waals surface area contributed by atoms with Gasteiger partial charge in [-0.1, -0.05) is 30.3 Å². The Morgan fingerprint density at radius 1 is 1.04 bits per heavy atom. The molecule has 2 aromatic carbocycles. The van der Waals surface area contributed by atoms with Gasteiger partial charge in [0.15, 0.2) is 0 Å². The summed E-state index contributed by atoms with van der Waals surface area (Å²) in [6, 6.07) is 15.4. The maximum absolute atomic E-state index is 13.1. The third-order valence-corrected chi connectivity index (χ3v) is 9.37. The summed E-state index contributed by atoms with van der Waals surface area (Å²) < 4.78 is 17.5. The van der Waals surface area contributed by atoms with E-state index in [-0.39, 0.29) is 18.6 Å². The molecule has 1 atom stereocenters. The van der Waals surface area contributed by atoms with Crippen LogP contribution < -0.4 is 14.5 Å². The molecule has 0 radical (unpaired) electrons. The van der Waals surface area contributed by atoms with Crippen molar-refractivity contribution < 1.29 is 19.0 Å². The number of hydrogen-bond acceptors (Lipinski definition) is 10. The molecule has 0 aliphatic carbocycles. The highest BCUT2D eigenvalue weighted by Crippen LogP contribution is 2.35. The summed E-state index contributed by atoms with van der Waals surface area (Å²) in [5.41, 5.74) is 3.95. The molecule has 0 bridgehead atoms. The molecule has 0 N–H and O–H groups in total. The SMILES string of the molecule is Cc1cccc2cccc(N3CCCc4c(nc(OCCCN5CCOCC5)nc4N4CCN(C(=O)OC(C)(C)C)C(CC#N)C4)C3)c12. The van der Waals surface area contributed by atoms with E-state index in [4.69, 9.17) is 24.2 Å². The molecule has 256 valence electrons. The minimum Gasteiger partial charge on any atom is -0.463 e. The Bertz CT molecular complexity index is 1620. The maximum atomic E-state index is 13.1. The third kappa shape index (κ3) is 7.93. The fraction of sp³-hybridized carbons (Fsp3) is 0.568. The van der Waals surface area contributed by atoms with E-state index in [0.717, 1.165) is 75.7 Å². The highest BCUT2D eigenvalue weighted by Gasteiger charge is 2.35. The van der Waals surface area contributed by atoms with Crippen LogP contribution in [-0.2, 0) is 22.4 Å². The van der Waals surface area contributed by atoms with Crippen molar-refractivity contribution in [1.82, 2.24) is 19.8 Å². The van der Waals surface area contributed by atoms with Crippen LogP contribution in [0.4, 0.5) is 16.3 Å². The summed E-state index contributed by atoms with van der Waals surface area (Å²) >= 11 is 0. The van der Waals surface area contributed by atoms with Crippen LogP contribution in [0, 0.1) is 18.3 Å². The van der Waals surface area contributed by atoms with Gasteiger partial charge >= 0.3 is 12.1 Å². The zero-order chi connectivity index (χ0) is 33.7. The lowest BCUT2D eigenvalue weighted by molar-refractivity contribution is 0.0144. The minimum atomic E-state index is -0.613. The zero-order valence-corrected chi connectivity index (χ0v) is 28.9. The lowest BCUT2D eigenvalue weighted by Gasteiger charge is -2.42. The van der Waals surface area contributed by atoms with Crippen LogP contribution in [0.3, 0.4) is 0 Å². The first kappa shape index (κ1) is 33.7. The van der Waals surface area contributed by atoms with Crippen molar-refractivity contribution in [2.24, 2.45) is 0 Å². The number of aromatic nitrogens is 2. The molecule has 2 fully saturated rings. The lowest BCUT2D eigenvalue weighted by Crippen LogP contribution is -2.56. The van der Waals surface area contributed by atoms with E-state index >= 15 is 0 Å². The van der Waals surface area contributed by atoms with Gasteiger partial charge in [0.25, 0.3) is 0 Å². The van der Waals surface area contributed by atoms with E-state index in [9.17, 15) is 10.1 Å². The number of nitrogens with zero attached hydrogens (tertiary/aromatic N) is 7. The molecule has 6 rings (SSSR count). The van der Waals surface area contributed by atoms with Crippen molar-refractivity contribution in [2.75, 3.05) is 75.4 Å². The van der Waals surface area contributed by atoms with Gasteiger partial charge < -0.3 is 28.9 Å². The Hall–Kier alpha value is -4.14. The van der Waals surface area contributed by atoms with Crippen LogP contribution in [-0.4, -0.2) is 103 Å². The van der Waals surface area contributed by atoms with Crippen molar-refractivity contribution in [3.63, 3.8) is 0 Å². The van der Waals surface area contributed by atoms with Crippen LogP contribution in [0.1, 0.15) is 56.9 Å². The summed E-state index contributed by atoms with van der Waals surface area (Å²) in [4.78, 5) is 32.0. The Labute approximate surface area is 284 Å². The fourth-order valence-electron chi connectivity index (χ4n) is 7.05. The number of morpholine rings is 1. The van der Waals surface area contributed by atoms with E-state index in [1.54, 1.807) is 4.90 Å². The second kappa shape index (κ2) is 15.0. The fourth-order valence-corrected chi connectivity index (χ4v) is 7.05. The number of hydrogen-bond donors (Lipinski definition) is 0. The monoisotopic (exact) mass is 655 g/mol. The van der Waals surface area contributed by atoms with Gasteiger partial charge in [0.2, 0.25) is 0 Å². The summed E-state index contributed by atoms with van der Waals surface area (Å²) in [5.74, 6) is 0.853. The highest BCUT2D eigenvalue weighted by molar-refractivity contribution is 5.96. The average molecular weight is 656 g/mol. The molecule has 3 aromatic rings. The number of carbonyl (C=O) groups is 1. The summed E-state index contributed by atoms with van der Waals surface area (Å²) in [6.45, 7) is 15.7. The number of nitriles is 1. The van der Waals surface area contributed by atoms with Crippen molar-refractivity contribution >= 4 is 28.4 Å². The first-order valence-corrected chi connectivity index (χ1v) is 17.4. The molecule has 1 unspecified atom stereocenters.